The van der Waals surface area contributed by atoms with Gasteiger partial charge in [-0.15, -0.1) is 0 Å². The average Bonchev–Trinajstić information content (AvgIpc) is 2.38. The summed E-state index contributed by atoms with van der Waals surface area (Å²) in [6.45, 7) is -0.471. The van der Waals surface area contributed by atoms with Crippen molar-refractivity contribution in [3.63, 3.8) is 0 Å². The summed E-state index contributed by atoms with van der Waals surface area (Å²) in [4.78, 5) is 20.7. The molecule has 1 aromatic rings. The highest BCUT2D eigenvalue weighted by molar-refractivity contribution is 7.89. The van der Waals surface area contributed by atoms with Crippen LogP contribution < -0.4 is 0 Å². The Kier molecular flexibility index (Phi) is 4.57. The number of carbonyl (C=O) groups is 1. The lowest BCUT2D eigenvalue weighted by Crippen LogP contribution is -2.32. The number of hydrogen-bond donors (Lipinski definition) is 0. The Morgan fingerprint density at radius 2 is 2.11 bits per heavy atom. The van der Waals surface area contributed by atoms with E-state index in [4.69, 9.17) is 0 Å². The molecule has 0 aliphatic heterocycles. The van der Waals surface area contributed by atoms with Gasteiger partial charge in [0.05, 0.1) is 16.9 Å². The Morgan fingerprint density at radius 1 is 1.47 bits per heavy atom. The third-order valence-electron chi connectivity index (χ3n) is 2.32. The van der Waals surface area contributed by atoms with Crippen molar-refractivity contribution < 1.29 is 22.9 Å². The minimum Gasteiger partial charge on any atom is -0.468 e. The molecule has 0 aliphatic rings. The van der Waals surface area contributed by atoms with Crippen molar-refractivity contribution in [1.82, 2.24) is 4.31 Å². The number of hydrogen-bond acceptors (Lipinski definition) is 6. The lowest BCUT2D eigenvalue weighted by atomic mass is 10.3. The second kappa shape index (κ2) is 5.76. The Bertz CT molecular complexity index is 598. The predicted molar refractivity (Wildman–Crippen MR) is 64.9 cm³/mol. The van der Waals surface area contributed by atoms with Gasteiger partial charge < -0.3 is 4.74 Å². The van der Waals surface area contributed by atoms with E-state index in [1.54, 1.807) is 0 Å². The topological polar surface area (TPSA) is 107 Å². The molecule has 1 aromatic carbocycles. The van der Waals surface area contributed by atoms with Gasteiger partial charge in [0.25, 0.3) is 5.69 Å². The summed E-state index contributed by atoms with van der Waals surface area (Å²) in [5, 5.41) is 10.6. The summed E-state index contributed by atoms with van der Waals surface area (Å²) in [6.07, 6.45) is 0. The molecule has 0 radical (unpaired) electrons. The zero-order valence-electron chi connectivity index (χ0n) is 10.3. The molecule has 0 saturated carbocycles. The lowest BCUT2D eigenvalue weighted by molar-refractivity contribution is -0.385. The van der Waals surface area contributed by atoms with Crippen LogP contribution in [-0.4, -0.2) is 44.3 Å². The molecule has 104 valence electrons. The lowest BCUT2D eigenvalue weighted by Gasteiger charge is -2.15. The minimum atomic E-state index is -3.97. The number of nitrogens with zero attached hydrogens (tertiary/aromatic N) is 2. The Hall–Kier alpha value is -2.00. The molecule has 0 saturated heterocycles. The number of non-ortho nitro benzene ring substituents is 1. The van der Waals surface area contributed by atoms with Gasteiger partial charge in [0, 0.05) is 19.2 Å². The van der Waals surface area contributed by atoms with E-state index in [1.807, 2.05) is 0 Å². The van der Waals surface area contributed by atoms with E-state index in [-0.39, 0.29) is 10.6 Å². The maximum Gasteiger partial charge on any atom is 0.321 e. The highest BCUT2D eigenvalue weighted by Gasteiger charge is 2.24. The van der Waals surface area contributed by atoms with Crippen LogP contribution in [0.2, 0.25) is 0 Å². The van der Waals surface area contributed by atoms with E-state index in [1.165, 1.54) is 25.2 Å². The molecule has 0 aromatic heterocycles. The second-order valence-electron chi connectivity index (χ2n) is 3.59. The van der Waals surface area contributed by atoms with Gasteiger partial charge in [0.2, 0.25) is 10.0 Å². The number of nitro benzene ring substituents is 1. The third-order valence-corrected chi connectivity index (χ3v) is 4.12. The van der Waals surface area contributed by atoms with E-state index >= 15 is 0 Å². The molecular formula is C10H12N2O6S. The SMILES string of the molecule is COC(=O)CN(C)S(=O)(=O)c1cccc([N+](=O)[O-])c1. The van der Waals surface area contributed by atoms with E-state index < -0.39 is 27.5 Å². The summed E-state index contributed by atoms with van der Waals surface area (Å²) < 4.78 is 29.2. The number of likely N-dealkylation sites (N-methyl/N-ethyl adjacent to an activating group) is 1. The molecule has 0 atom stereocenters. The zero-order valence-corrected chi connectivity index (χ0v) is 11.1. The van der Waals surface area contributed by atoms with E-state index in [9.17, 15) is 23.3 Å². The Balaban J connectivity index is 3.09. The standard InChI is InChI=1S/C10H12N2O6S/c1-11(7-10(13)18-2)19(16,17)9-5-3-4-8(6-9)12(14)15/h3-6H,7H2,1-2H3. The zero-order chi connectivity index (χ0) is 14.6. The van der Waals surface area contributed by atoms with Gasteiger partial charge in [-0.1, -0.05) is 6.07 Å². The van der Waals surface area contributed by atoms with Gasteiger partial charge >= 0.3 is 5.97 Å². The second-order valence-corrected chi connectivity index (χ2v) is 5.64. The van der Waals surface area contributed by atoms with Crippen LogP contribution in [0.1, 0.15) is 0 Å². The molecule has 0 bridgehead atoms. The first-order chi connectivity index (χ1) is 8.78. The van der Waals surface area contributed by atoms with Crippen LogP contribution in [0.15, 0.2) is 29.2 Å². The smallest absolute Gasteiger partial charge is 0.321 e. The van der Waals surface area contributed by atoms with Gasteiger partial charge in [0.1, 0.15) is 6.54 Å². The number of carbonyl (C=O) groups excluding carboxylic acids is 1. The van der Waals surface area contributed by atoms with Crippen LogP contribution in [0.25, 0.3) is 0 Å². The molecule has 0 aliphatic carbocycles. The van der Waals surface area contributed by atoms with Crippen LogP contribution >= 0.6 is 0 Å². The highest BCUT2D eigenvalue weighted by Crippen LogP contribution is 2.19. The average molecular weight is 288 g/mol. The van der Waals surface area contributed by atoms with Crippen molar-refractivity contribution in [3.8, 4) is 0 Å². The third kappa shape index (κ3) is 3.48. The summed E-state index contributed by atoms with van der Waals surface area (Å²) >= 11 is 0. The monoisotopic (exact) mass is 288 g/mol. The van der Waals surface area contributed by atoms with Gasteiger partial charge in [0.15, 0.2) is 0 Å². The summed E-state index contributed by atoms with van der Waals surface area (Å²) in [5.41, 5.74) is -0.340. The number of methoxy groups -OCH3 is 1. The number of esters is 1. The van der Waals surface area contributed by atoms with Gasteiger partial charge in [-0.2, -0.15) is 4.31 Å². The molecule has 0 N–H and O–H groups in total. The fourth-order valence-electron chi connectivity index (χ4n) is 1.27. The molecule has 0 spiro atoms. The maximum absolute atomic E-state index is 12.1. The molecule has 9 heteroatoms. The van der Waals surface area contributed by atoms with Crippen molar-refractivity contribution in [1.29, 1.82) is 0 Å². The largest absolute Gasteiger partial charge is 0.468 e. The van der Waals surface area contributed by atoms with Crippen molar-refractivity contribution in [2.75, 3.05) is 20.7 Å². The Labute approximate surface area is 109 Å². The van der Waals surface area contributed by atoms with E-state index in [0.717, 1.165) is 17.5 Å². The van der Waals surface area contributed by atoms with Crippen LogP contribution in [-0.2, 0) is 19.6 Å². The first-order valence-electron chi connectivity index (χ1n) is 5.06. The van der Waals surface area contributed by atoms with Crippen molar-refractivity contribution >= 4 is 21.7 Å². The number of benzene rings is 1. The molecule has 8 nitrogen and oxygen atoms in total. The van der Waals surface area contributed by atoms with Crippen LogP contribution in [0.3, 0.4) is 0 Å². The van der Waals surface area contributed by atoms with Gasteiger partial charge in [-0.05, 0) is 6.07 Å². The molecule has 1 rings (SSSR count). The molecule has 19 heavy (non-hydrogen) atoms. The molecule has 0 heterocycles. The fourth-order valence-corrected chi connectivity index (χ4v) is 2.42. The summed E-state index contributed by atoms with van der Waals surface area (Å²) in [7, 11) is -1.65. The number of sulfonamides is 1. The van der Waals surface area contributed by atoms with Crippen molar-refractivity contribution in [3.05, 3.63) is 34.4 Å². The normalized spacial score (nSPS) is 11.3. The predicted octanol–water partition coefficient (Wildman–Crippen LogP) is 0.388. The van der Waals surface area contributed by atoms with E-state index in [0.29, 0.717) is 0 Å². The minimum absolute atomic E-state index is 0.256. The van der Waals surface area contributed by atoms with E-state index in [2.05, 4.69) is 4.74 Å². The summed E-state index contributed by atoms with van der Waals surface area (Å²) in [6, 6.07) is 4.59. The van der Waals surface area contributed by atoms with Crippen LogP contribution in [0, 0.1) is 10.1 Å². The quantitative estimate of drug-likeness (QED) is 0.440. The Morgan fingerprint density at radius 3 is 2.63 bits per heavy atom. The molecule has 0 amide bonds. The first kappa shape index (κ1) is 15.1. The number of rotatable bonds is 5. The maximum atomic E-state index is 12.1. The highest BCUT2D eigenvalue weighted by atomic mass is 32.2. The van der Waals surface area contributed by atoms with Crippen LogP contribution in [0.5, 0.6) is 0 Å². The summed E-state index contributed by atoms with van der Waals surface area (Å²) in [5.74, 6) is -0.725. The van der Waals surface area contributed by atoms with Crippen molar-refractivity contribution in [2.45, 2.75) is 4.90 Å². The number of ether oxygens (including phenoxy) is 1. The van der Waals surface area contributed by atoms with Crippen LogP contribution in [0.4, 0.5) is 5.69 Å². The van der Waals surface area contributed by atoms with Gasteiger partial charge in [-0.25, -0.2) is 8.42 Å². The van der Waals surface area contributed by atoms with Gasteiger partial charge in [-0.3, -0.25) is 14.9 Å². The molecule has 0 fully saturated rings. The fraction of sp³-hybridized carbons (Fsp3) is 0.300. The molecular weight excluding hydrogens is 276 g/mol. The first-order valence-corrected chi connectivity index (χ1v) is 6.50. The van der Waals surface area contributed by atoms with Crippen molar-refractivity contribution in [2.24, 2.45) is 0 Å². The number of nitro groups is 1. The molecule has 0 unspecified atom stereocenters.